The molecule has 0 saturated heterocycles. The third-order valence-electron chi connectivity index (χ3n) is 4.34. The van der Waals surface area contributed by atoms with Crippen molar-refractivity contribution >= 4 is 22.8 Å². The molecule has 0 amide bonds. The Hall–Kier alpha value is -2.63. The molecule has 0 radical (unpaired) electrons. The van der Waals surface area contributed by atoms with Crippen LogP contribution in [-0.4, -0.2) is 41.1 Å². The molecule has 2 heterocycles. The summed E-state index contributed by atoms with van der Waals surface area (Å²) in [4.78, 5) is 20.8. The molecule has 140 valence electrons. The van der Waals surface area contributed by atoms with Crippen LogP contribution in [0.1, 0.15) is 43.8 Å². The van der Waals surface area contributed by atoms with Crippen LogP contribution in [0.5, 0.6) is 0 Å². The Morgan fingerprint density at radius 2 is 1.62 bits per heavy atom. The first-order valence-corrected chi connectivity index (χ1v) is 9.07. The smallest absolute Gasteiger partial charge is 0.230 e. The van der Waals surface area contributed by atoms with Gasteiger partial charge in [0.1, 0.15) is 5.82 Å². The van der Waals surface area contributed by atoms with Crippen LogP contribution in [0.4, 0.5) is 11.9 Å². The fraction of sp³-hybridized carbons (Fsp3) is 0.450. The molecule has 1 atom stereocenters. The lowest BCUT2D eigenvalue weighted by Crippen LogP contribution is -2.25. The van der Waals surface area contributed by atoms with E-state index in [1.165, 1.54) is 16.5 Å². The van der Waals surface area contributed by atoms with Crippen LogP contribution in [0, 0.1) is 13.8 Å². The summed E-state index contributed by atoms with van der Waals surface area (Å²) in [5.74, 6) is 2.07. The van der Waals surface area contributed by atoms with Crippen molar-refractivity contribution in [3.63, 3.8) is 0 Å². The molecule has 3 aromatic rings. The second-order valence-corrected chi connectivity index (χ2v) is 6.46. The van der Waals surface area contributed by atoms with Crippen LogP contribution >= 0.6 is 0 Å². The number of nitrogens with zero attached hydrogens (tertiary/aromatic N) is 5. The number of benzene rings is 1. The molecule has 1 unspecified atom stereocenters. The molecule has 2 aromatic heterocycles. The standard InChI is InChI=1S/C18H24N6.C2H6/c1-11-7-8-16-14(9-11)15(10-19-16)12(2)24(6)18-21-13(3)20-17(22-18)23(4)5;1-2/h7-10,12,19H,1-6H3;1-2H3. The Morgan fingerprint density at radius 1 is 0.962 bits per heavy atom. The number of H-pyrrole nitrogens is 1. The largest absolute Gasteiger partial charge is 0.361 e. The molecule has 26 heavy (non-hydrogen) atoms. The van der Waals surface area contributed by atoms with E-state index in [1.807, 2.05) is 46.8 Å². The predicted molar refractivity (Wildman–Crippen MR) is 110 cm³/mol. The van der Waals surface area contributed by atoms with Gasteiger partial charge in [-0.25, -0.2) is 0 Å². The molecule has 6 heteroatoms. The molecule has 1 aromatic carbocycles. The molecule has 3 rings (SSSR count). The predicted octanol–water partition coefficient (Wildman–Crippen LogP) is 4.26. The van der Waals surface area contributed by atoms with Crippen molar-refractivity contribution in [2.24, 2.45) is 0 Å². The quantitative estimate of drug-likeness (QED) is 0.758. The lowest BCUT2D eigenvalue weighted by atomic mass is 10.0. The highest BCUT2D eigenvalue weighted by Crippen LogP contribution is 2.30. The van der Waals surface area contributed by atoms with Crippen LogP contribution in [0.2, 0.25) is 0 Å². The van der Waals surface area contributed by atoms with E-state index < -0.39 is 0 Å². The topological polar surface area (TPSA) is 60.9 Å². The number of fused-ring (bicyclic) bond motifs is 1. The number of aromatic amines is 1. The van der Waals surface area contributed by atoms with Crippen LogP contribution in [0.3, 0.4) is 0 Å². The molecular formula is C20H30N6. The Kier molecular flexibility index (Phi) is 6.18. The van der Waals surface area contributed by atoms with E-state index in [0.717, 1.165) is 11.3 Å². The molecule has 1 N–H and O–H groups in total. The van der Waals surface area contributed by atoms with Crippen molar-refractivity contribution in [1.82, 2.24) is 19.9 Å². The number of aryl methyl sites for hydroxylation is 2. The summed E-state index contributed by atoms with van der Waals surface area (Å²) in [5.41, 5.74) is 3.64. The monoisotopic (exact) mass is 354 g/mol. The van der Waals surface area contributed by atoms with Crippen molar-refractivity contribution < 1.29 is 0 Å². The SMILES string of the molecule is CC.Cc1ccc2[nH]cc(C(C)N(C)c3nc(C)nc(N(C)C)n3)c2c1. The maximum Gasteiger partial charge on any atom is 0.230 e. The van der Waals surface area contributed by atoms with Gasteiger partial charge in [-0.05, 0) is 38.5 Å². The molecule has 0 bridgehead atoms. The minimum Gasteiger partial charge on any atom is -0.361 e. The van der Waals surface area contributed by atoms with Gasteiger partial charge in [0, 0.05) is 38.2 Å². The summed E-state index contributed by atoms with van der Waals surface area (Å²) in [7, 11) is 5.89. The highest BCUT2D eigenvalue weighted by molar-refractivity contribution is 5.84. The fourth-order valence-electron chi connectivity index (χ4n) is 2.80. The van der Waals surface area contributed by atoms with Gasteiger partial charge >= 0.3 is 0 Å². The molecule has 6 nitrogen and oxygen atoms in total. The van der Waals surface area contributed by atoms with Crippen molar-refractivity contribution in [2.45, 2.75) is 40.7 Å². The van der Waals surface area contributed by atoms with E-state index in [4.69, 9.17) is 0 Å². The normalized spacial score (nSPS) is 11.7. The Morgan fingerprint density at radius 3 is 2.27 bits per heavy atom. The lowest BCUT2D eigenvalue weighted by molar-refractivity contribution is 0.711. The molecular weight excluding hydrogens is 324 g/mol. The highest BCUT2D eigenvalue weighted by atomic mass is 15.3. The van der Waals surface area contributed by atoms with Crippen molar-refractivity contribution in [1.29, 1.82) is 0 Å². The first-order valence-electron chi connectivity index (χ1n) is 9.07. The van der Waals surface area contributed by atoms with Crippen LogP contribution in [0.15, 0.2) is 24.4 Å². The zero-order chi connectivity index (χ0) is 19.4. The highest BCUT2D eigenvalue weighted by Gasteiger charge is 2.19. The Balaban J connectivity index is 0.00000117. The Labute approximate surface area is 156 Å². The van der Waals surface area contributed by atoms with Gasteiger partial charge in [-0.3, -0.25) is 0 Å². The summed E-state index contributed by atoms with van der Waals surface area (Å²) in [6.45, 7) is 10.2. The average molecular weight is 355 g/mol. The number of hydrogen-bond donors (Lipinski definition) is 1. The van der Waals surface area contributed by atoms with Gasteiger partial charge in [-0.2, -0.15) is 15.0 Å². The molecule has 0 aliphatic rings. The number of nitrogens with one attached hydrogen (secondary N) is 1. The van der Waals surface area contributed by atoms with Gasteiger partial charge in [0.15, 0.2) is 0 Å². The minimum atomic E-state index is 0.136. The number of hydrogen-bond acceptors (Lipinski definition) is 5. The summed E-state index contributed by atoms with van der Waals surface area (Å²) in [5, 5.41) is 1.24. The van der Waals surface area contributed by atoms with Gasteiger partial charge in [-0.15, -0.1) is 0 Å². The van der Waals surface area contributed by atoms with Gasteiger partial charge in [0.2, 0.25) is 11.9 Å². The number of anilines is 2. The molecule has 0 aliphatic heterocycles. The number of aromatic nitrogens is 4. The molecule has 0 saturated carbocycles. The zero-order valence-corrected chi connectivity index (χ0v) is 17.1. The van der Waals surface area contributed by atoms with Gasteiger partial charge in [-0.1, -0.05) is 25.5 Å². The van der Waals surface area contributed by atoms with E-state index in [1.54, 1.807) is 0 Å². The van der Waals surface area contributed by atoms with Gasteiger partial charge in [0.05, 0.1) is 6.04 Å². The molecule has 0 fully saturated rings. The van der Waals surface area contributed by atoms with Gasteiger partial charge in [0.25, 0.3) is 0 Å². The lowest BCUT2D eigenvalue weighted by Gasteiger charge is -2.25. The maximum atomic E-state index is 4.58. The van der Waals surface area contributed by atoms with E-state index in [0.29, 0.717) is 11.9 Å². The third-order valence-corrected chi connectivity index (χ3v) is 4.34. The third kappa shape index (κ3) is 3.95. The Bertz CT molecular complexity index is 868. The second-order valence-electron chi connectivity index (χ2n) is 6.46. The van der Waals surface area contributed by atoms with Crippen LogP contribution < -0.4 is 9.80 Å². The van der Waals surface area contributed by atoms with Crippen molar-refractivity contribution in [3.8, 4) is 0 Å². The minimum absolute atomic E-state index is 0.136. The second kappa shape index (κ2) is 8.17. The van der Waals surface area contributed by atoms with E-state index in [9.17, 15) is 0 Å². The summed E-state index contributed by atoms with van der Waals surface area (Å²) in [6.07, 6.45) is 2.08. The summed E-state index contributed by atoms with van der Waals surface area (Å²) in [6, 6.07) is 6.60. The fourth-order valence-corrected chi connectivity index (χ4v) is 2.80. The maximum absolute atomic E-state index is 4.58. The molecule has 0 aliphatic carbocycles. The first kappa shape index (κ1) is 19.7. The van der Waals surface area contributed by atoms with Gasteiger partial charge < -0.3 is 14.8 Å². The van der Waals surface area contributed by atoms with Crippen molar-refractivity contribution in [2.75, 3.05) is 30.9 Å². The summed E-state index contributed by atoms with van der Waals surface area (Å²) >= 11 is 0. The zero-order valence-electron chi connectivity index (χ0n) is 17.1. The first-order chi connectivity index (χ1) is 12.4. The van der Waals surface area contributed by atoms with E-state index in [-0.39, 0.29) is 6.04 Å². The average Bonchev–Trinajstić information content (AvgIpc) is 3.04. The van der Waals surface area contributed by atoms with Crippen LogP contribution in [-0.2, 0) is 0 Å². The molecule has 0 spiro atoms. The summed E-state index contributed by atoms with van der Waals surface area (Å²) < 4.78 is 0. The van der Waals surface area contributed by atoms with Crippen molar-refractivity contribution in [3.05, 3.63) is 41.3 Å². The van der Waals surface area contributed by atoms with E-state index >= 15 is 0 Å². The van der Waals surface area contributed by atoms with Crippen LogP contribution in [0.25, 0.3) is 10.9 Å². The number of rotatable bonds is 4. The van der Waals surface area contributed by atoms with E-state index in [2.05, 4.69) is 63.1 Å².